The fraction of sp³-hybridized carbons (Fsp3) is 0.381. The van der Waals surface area contributed by atoms with Gasteiger partial charge < -0.3 is 10.1 Å². The first-order valence-corrected chi connectivity index (χ1v) is 11.2. The SMILES string of the molecule is CCC[C@@H](C)NC(=O)CN(c1ccc(OCc2ccccc2)cc1)S(C)(=O)=O. The van der Waals surface area contributed by atoms with E-state index in [0.29, 0.717) is 18.0 Å². The van der Waals surface area contributed by atoms with Crippen LogP contribution in [0, 0.1) is 0 Å². The number of benzene rings is 2. The molecule has 0 fully saturated rings. The van der Waals surface area contributed by atoms with E-state index in [9.17, 15) is 13.2 Å². The lowest BCUT2D eigenvalue weighted by Gasteiger charge is -2.23. The lowest BCUT2D eigenvalue weighted by atomic mass is 10.2. The van der Waals surface area contributed by atoms with Gasteiger partial charge in [-0.1, -0.05) is 43.7 Å². The number of rotatable bonds is 10. The van der Waals surface area contributed by atoms with Gasteiger partial charge in [0.2, 0.25) is 15.9 Å². The maximum Gasteiger partial charge on any atom is 0.240 e. The highest BCUT2D eigenvalue weighted by Crippen LogP contribution is 2.22. The summed E-state index contributed by atoms with van der Waals surface area (Å²) < 4.78 is 31.2. The van der Waals surface area contributed by atoms with Gasteiger partial charge >= 0.3 is 0 Å². The van der Waals surface area contributed by atoms with Crippen molar-refractivity contribution in [3.05, 3.63) is 60.2 Å². The topological polar surface area (TPSA) is 75.7 Å². The second-order valence-corrected chi connectivity index (χ2v) is 8.70. The summed E-state index contributed by atoms with van der Waals surface area (Å²) in [6, 6.07) is 16.5. The molecule has 0 spiro atoms. The molecular formula is C21H28N2O4S. The number of ether oxygens (including phenoxy) is 1. The van der Waals surface area contributed by atoms with Crippen molar-refractivity contribution in [3.8, 4) is 5.75 Å². The summed E-state index contributed by atoms with van der Waals surface area (Å²) in [6.45, 7) is 4.11. The largest absolute Gasteiger partial charge is 0.489 e. The van der Waals surface area contributed by atoms with Crippen LogP contribution >= 0.6 is 0 Å². The monoisotopic (exact) mass is 404 g/mol. The third-order valence-corrected chi connectivity index (χ3v) is 5.33. The quantitative estimate of drug-likeness (QED) is 0.659. The van der Waals surface area contributed by atoms with Crippen LogP contribution in [0.25, 0.3) is 0 Å². The average Bonchev–Trinajstić information content (AvgIpc) is 2.65. The van der Waals surface area contributed by atoms with Crippen LogP contribution in [0.4, 0.5) is 5.69 Å². The molecule has 0 bridgehead atoms. The van der Waals surface area contributed by atoms with E-state index in [-0.39, 0.29) is 18.5 Å². The molecule has 0 saturated carbocycles. The second kappa shape index (κ2) is 10.1. The summed E-state index contributed by atoms with van der Waals surface area (Å²) in [5.74, 6) is 0.304. The summed E-state index contributed by atoms with van der Waals surface area (Å²) in [5, 5.41) is 2.83. The highest BCUT2D eigenvalue weighted by molar-refractivity contribution is 7.92. The molecule has 0 aliphatic heterocycles. The van der Waals surface area contributed by atoms with E-state index in [0.717, 1.165) is 29.0 Å². The maximum absolute atomic E-state index is 12.2. The minimum Gasteiger partial charge on any atom is -0.489 e. The molecule has 28 heavy (non-hydrogen) atoms. The third kappa shape index (κ3) is 6.88. The molecule has 6 nitrogen and oxygen atoms in total. The molecule has 1 amide bonds. The standard InChI is InChI=1S/C21H28N2O4S/c1-4-8-17(2)22-21(24)15-23(28(3,25)26)19-11-13-20(14-12-19)27-16-18-9-6-5-7-10-18/h5-7,9-14,17H,4,8,15-16H2,1-3H3,(H,22,24)/t17-/m1/s1. The van der Waals surface area contributed by atoms with Crippen molar-refractivity contribution >= 4 is 21.6 Å². The van der Waals surface area contributed by atoms with Crippen LogP contribution in [-0.2, 0) is 21.4 Å². The van der Waals surface area contributed by atoms with E-state index in [1.165, 1.54) is 0 Å². The smallest absolute Gasteiger partial charge is 0.240 e. The number of sulfonamides is 1. The molecule has 1 atom stereocenters. The van der Waals surface area contributed by atoms with Crippen molar-refractivity contribution in [2.45, 2.75) is 39.3 Å². The normalized spacial score (nSPS) is 12.2. The predicted molar refractivity (Wildman–Crippen MR) is 112 cm³/mol. The molecule has 0 radical (unpaired) electrons. The van der Waals surface area contributed by atoms with Crippen LogP contribution < -0.4 is 14.4 Å². The summed E-state index contributed by atoms with van der Waals surface area (Å²) in [5.41, 5.74) is 1.47. The Balaban J connectivity index is 2.04. The zero-order valence-electron chi connectivity index (χ0n) is 16.6. The van der Waals surface area contributed by atoms with Crippen molar-refractivity contribution in [2.24, 2.45) is 0 Å². The van der Waals surface area contributed by atoms with Gasteiger partial charge in [-0.05, 0) is 43.2 Å². The van der Waals surface area contributed by atoms with E-state index in [4.69, 9.17) is 4.74 Å². The van der Waals surface area contributed by atoms with Gasteiger partial charge in [-0.3, -0.25) is 9.10 Å². The number of nitrogens with zero attached hydrogens (tertiary/aromatic N) is 1. The van der Waals surface area contributed by atoms with Gasteiger partial charge in [-0.15, -0.1) is 0 Å². The fourth-order valence-corrected chi connectivity index (χ4v) is 3.66. The van der Waals surface area contributed by atoms with Crippen molar-refractivity contribution in [1.29, 1.82) is 0 Å². The van der Waals surface area contributed by atoms with Crippen molar-refractivity contribution in [2.75, 3.05) is 17.1 Å². The Morgan fingerprint density at radius 3 is 2.32 bits per heavy atom. The maximum atomic E-state index is 12.2. The number of hydrogen-bond donors (Lipinski definition) is 1. The second-order valence-electron chi connectivity index (χ2n) is 6.80. The Bertz CT molecular complexity index is 852. The van der Waals surface area contributed by atoms with E-state index in [1.54, 1.807) is 24.3 Å². The first-order valence-electron chi connectivity index (χ1n) is 9.33. The lowest BCUT2D eigenvalue weighted by Crippen LogP contribution is -2.43. The number of carbonyl (C=O) groups is 1. The summed E-state index contributed by atoms with van der Waals surface area (Å²) >= 11 is 0. The zero-order chi connectivity index (χ0) is 20.6. The molecule has 2 rings (SSSR count). The minimum atomic E-state index is -3.60. The van der Waals surface area contributed by atoms with Crippen LogP contribution in [0.15, 0.2) is 54.6 Å². The molecule has 2 aromatic carbocycles. The first kappa shape index (κ1) is 21.8. The molecule has 152 valence electrons. The van der Waals surface area contributed by atoms with Crippen molar-refractivity contribution in [3.63, 3.8) is 0 Å². The molecule has 0 unspecified atom stereocenters. The molecular weight excluding hydrogens is 376 g/mol. The molecule has 0 aliphatic rings. The van der Waals surface area contributed by atoms with Gasteiger partial charge in [0.15, 0.2) is 0 Å². The highest BCUT2D eigenvalue weighted by Gasteiger charge is 2.21. The molecule has 0 saturated heterocycles. The summed E-state index contributed by atoms with van der Waals surface area (Å²) in [7, 11) is -3.60. The fourth-order valence-electron chi connectivity index (χ4n) is 2.81. The van der Waals surface area contributed by atoms with Crippen LogP contribution in [0.5, 0.6) is 5.75 Å². The van der Waals surface area contributed by atoms with Crippen molar-refractivity contribution < 1.29 is 17.9 Å². The van der Waals surface area contributed by atoms with Gasteiger partial charge in [-0.25, -0.2) is 8.42 Å². The van der Waals surface area contributed by atoms with E-state index >= 15 is 0 Å². The van der Waals surface area contributed by atoms with Crippen LogP contribution in [0.3, 0.4) is 0 Å². The predicted octanol–water partition coefficient (Wildman–Crippen LogP) is 3.34. The van der Waals surface area contributed by atoms with E-state index < -0.39 is 10.0 Å². The molecule has 2 aromatic rings. The molecule has 7 heteroatoms. The molecule has 0 aliphatic carbocycles. The van der Waals surface area contributed by atoms with Crippen molar-refractivity contribution in [1.82, 2.24) is 5.32 Å². The molecule has 0 aromatic heterocycles. The Kier molecular flexibility index (Phi) is 7.87. The Morgan fingerprint density at radius 2 is 1.75 bits per heavy atom. The Morgan fingerprint density at radius 1 is 1.11 bits per heavy atom. The first-order chi connectivity index (χ1) is 13.3. The number of nitrogens with one attached hydrogen (secondary N) is 1. The Hall–Kier alpha value is -2.54. The summed E-state index contributed by atoms with van der Waals surface area (Å²) in [6.07, 6.45) is 2.88. The van der Waals surface area contributed by atoms with Crippen LogP contribution in [0.1, 0.15) is 32.3 Å². The van der Waals surface area contributed by atoms with Crippen LogP contribution in [-0.4, -0.2) is 33.2 Å². The average molecular weight is 405 g/mol. The third-order valence-electron chi connectivity index (χ3n) is 4.19. The zero-order valence-corrected chi connectivity index (χ0v) is 17.4. The number of anilines is 1. The van der Waals surface area contributed by atoms with Gasteiger partial charge in [0.1, 0.15) is 18.9 Å². The number of amides is 1. The van der Waals surface area contributed by atoms with Crippen LogP contribution in [0.2, 0.25) is 0 Å². The Labute approximate surface area is 167 Å². The van der Waals surface area contributed by atoms with Gasteiger partial charge in [-0.2, -0.15) is 0 Å². The van der Waals surface area contributed by atoms with E-state index in [2.05, 4.69) is 5.32 Å². The summed E-state index contributed by atoms with van der Waals surface area (Å²) in [4.78, 5) is 12.2. The number of carbonyl (C=O) groups excluding carboxylic acids is 1. The number of hydrogen-bond acceptors (Lipinski definition) is 4. The van der Waals surface area contributed by atoms with Gasteiger partial charge in [0.25, 0.3) is 0 Å². The van der Waals surface area contributed by atoms with Gasteiger partial charge in [0, 0.05) is 6.04 Å². The lowest BCUT2D eigenvalue weighted by molar-refractivity contribution is -0.120. The van der Waals surface area contributed by atoms with Gasteiger partial charge in [0.05, 0.1) is 11.9 Å². The molecule has 0 heterocycles. The highest BCUT2D eigenvalue weighted by atomic mass is 32.2. The minimum absolute atomic E-state index is 0.00710. The molecule has 1 N–H and O–H groups in total. The van der Waals surface area contributed by atoms with E-state index in [1.807, 2.05) is 44.2 Å².